The maximum atomic E-state index is 13.4. The smallest absolute Gasteiger partial charge is 0.434 e. The van der Waals surface area contributed by atoms with E-state index in [1.54, 1.807) is 31.6 Å². The number of rotatable bonds is 10. The van der Waals surface area contributed by atoms with Gasteiger partial charge in [-0.2, -0.15) is 13.2 Å². The maximum absolute atomic E-state index is 13.4. The van der Waals surface area contributed by atoms with Crippen molar-refractivity contribution in [3.05, 3.63) is 72.7 Å². The molecule has 4 aromatic heterocycles. The minimum Gasteiger partial charge on any atom is -0.480 e. The molecule has 0 bridgehead atoms. The van der Waals surface area contributed by atoms with Crippen LogP contribution in [0.3, 0.4) is 0 Å². The van der Waals surface area contributed by atoms with Crippen LogP contribution in [0.4, 0.5) is 19.0 Å². The lowest BCUT2D eigenvalue weighted by Gasteiger charge is -2.14. The van der Waals surface area contributed by atoms with E-state index in [2.05, 4.69) is 31.8 Å². The minimum absolute atomic E-state index is 0.190. The topological polar surface area (TPSA) is 108 Å². The monoisotopic (exact) mass is 589 g/mol. The second kappa shape index (κ2) is 11.1. The largest absolute Gasteiger partial charge is 0.480 e. The summed E-state index contributed by atoms with van der Waals surface area (Å²) in [7, 11) is 1.56. The lowest BCUT2D eigenvalue weighted by atomic mass is 10.1. The van der Waals surface area contributed by atoms with Crippen LogP contribution in [0.1, 0.15) is 55.6 Å². The minimum atomic E-state index is -4.52. The molecule has 0 saturated heterocycles. The van der Waals surface area contributed by atoms with Crippen molar-refractivity contribution in [1.29, 1.82) is 0 Å². The normalized spacial score (nSPS) is 13.6. The molecule has 0 spiro atoms. The first-order valence-electron chi connectivity index (χ1n) is 13.9. The van der Waals surface area contributed by atoms with Crippen LogP contribution in [0.2, 0.25) is 0 Å². The molecule has 1 aliphatic carbocycles. The molecule has 1 N–H and O–H groups in total. The molecule has 0 aliphatic heterocycles. The lowest BCUT2D eigenvalue weighted by molar-refractivity contribution is -0.140. The highest BCUT2D eigenvalue weighted by Crippen LogP contribution is 2.45. The van der Waals surface area contributed by atoms with E-state index in [1.807, 2.05) is 30.5 Å². The average molecular weight is 590 g/mol. The number of aromatic nitrogens is 8. The van der Waals surface area contributed by atoms with Crippen molar-refractivity contribution >= 4 is 17.0 Å². The number of nitrogens with one attached hydrogen (secondary N) is 1. The van der Waals surface area contributed by atoms with Gasteiger partial charge >= 0.3 is 6.18 Å². The number of fused-ring (bicyclic) bond motifs is 1. The van der Waals surface area contributed by atoms with E-state index >= 15 is 0 Å². The van der Waals surface area contributed by atoms with Gasteiger partial charge in [0.1, 0.15) is 23.2 Å². The van der Waals surface area contributed by atoms with Crippen LogP contribution in [0.25, 0.3) is 33.9 Å². The van der Waals surface area contributed by atoms with Gasteiger partial charge in [0.2, 0.25) is 5.88 Å². The molecule has 1 fully saturated rings. The van der Waals surface area contributed by atoms with Crippen LogP contribution in [0.5, 0.6) is 5.88 Å². The number of hydrogen-bond acceptors (Lipinski definition) is 8. The number of hydrogen-bond donors (Lipinski definition) is 1. The second-order valence-corrected chi connectivity index (χ2v) is 10.7. The van der Waals surface area contributed by atoms with Crippen molar-refractivity contribution in [2.24, 2.45) is 0 Å². The molecule has 10 nitrogen and oxygen atoms in total. The lowest BCUT2D eigenvalue weighted by Crippen LogP contribution is -2.08. The molecule has 43 heavy (non-hydrogen) atoms. The third-order valence-corrected chi connectivity index (χ3v) is 7.26. The number of imidazole rings is 2. The average Bonchev–Trinajstić information content (AvgIpc) is 3.60. The van der Waals surface area contributed by atoms with Crippen molar-refractivity contribution in [3.63, 3.8) is 0 Å². The summed E-state index contributed by atoms with van der Waals surface area (Å²) in [5.74, 6) is 1.92. The highest BCUT2D eigenvalue weighted by atomic mass is 19.4. The van der Waals surface area contributed by atoms with Gasteiger partial charge in [-0.3, -0.25) is 0 Å². The molecular formula is C30H30F3N9O. The Labute approximate surface area is 245 Å². The number of methoxy groups -OCH3 is 1. The van der Waals surface area contributed by atoms with Crippen LogP contribution in [-0.4, -0.2) is 46.1 Å². The van der Waals surface area contributed by atoms with E-state index in [0.29, 0.717) is 58.8 Å². The number of allylic oxidation sites excluding steroid dienone is 1. The van der Waals surface area contributed by atoms with Crippen LogP contribution in [-0.2, 0) is 19.3 Å². The highest BCUT2D eigenvalue weighted by molar-refractivity contribution is 5.86. The highest BCUT2D eigenvalue weighted by Gasteiger charge is 2.35. The molecule has 0 radical (unpaired) electrons. The van der Waals surface area contributed by atoms with Gasteiger partial charge in [0.25, 0.3) is 0 Å². The molecule has 1 aliphatic rings. The molecule has 1 aromatic carbocycles. The number of alkyl halides is 3. The van der Waals surface area contributed by atoms with Gasteiger partial charge in [-0.05, 0) is 32.3 Å². The predicted octanol–water partition coefficient (Wildman–Crippen LogP) is 6.43. The van der Waals surface area contributed by atoms with Crippen molar-refractivity contribution in [1.82, 2.24) is 39.0 Å². The summed E-state index contributed by atoms with van der Waals surface area (Å²) in [4.78, 5) is 27.0. The summed E-state index contributed by atoms with van der Waals surface area (Å²) in [5, 5.41) is 3.38. The Morgan fingerprint density at radius 3 is 2.51 bits per heavy atom. The number of anilines is 1. The van der Waals surface area contributed by atoms with E-state index < -0.39 is 11.9 Å². The van der Waals surface area contributed by atoms with Crippen molar-refractivity contribution in [3.8, 4) is 28.7 Å². The van der Waals surface area contributed by atoms with Crippen molar-refractivity contribution in [2.75, 3.05) is 12.4 Å². The zero-order chi connectivity index (χ0) is 30.3. The van der Waals surface area contributed by atoms with Crippen LogP contribution in [0, 0.1) is 0 Å². The summed E-state index contributed by atoms with van der Waals surface area (Å²) in [6, 6.07) is 7.05. The molecule has 6 rings (SSSR count). The first kappa shape index (κ1) is 28.3. The van der Waals surface area contributed by atoms with Crippen LogP contribution in [0.15, 0.2) is 55.8 Å². The summed E-state index contributed by atoms with van der Waals surface area (Å²) in [6.45, 7) is 8.37. The van der Waals surface area contributed by atoms with Crippen molar-refractivity contribution in [2.45, 2.75) is 57.9 Å². The summed E-state index contributed by atoms with van der Waals surface area (Å²) < 4.78 is 49.1. The Hall–Kier alpha value is -4.81. The van der Waals surface area contributed by atoms with Crippen molar-refractivity contribution < 1.29 is 17.9 Å². The van der Waals surface area contributed by atoms with Gasteiger partial charge in [-0.1, -0.05) is 30.3 Å². The van der Waals surface area contributed by atoms with E-state index in [-0.39, 0.29) is 11.9 Å². The molecule has 0 amide bonds. The molecule has 13 heteroatoms. The fraction of sp³-hybridized carbons (Fsp3) is 0.333. The Bertz CT molecular complexity index is 1790. The summed E-state index contributed by atoms with van der Waals surface area (Å²) >= 11 is 0. The standard InChI is InChI=1S/C30H30F3N9O/c1-5-12-41-16-37-24-26(39-25(40-28(24)41)22-23(19-10-11-19)35-15-36-29(22)43-4)34-13-18-6-8-20(9-7-18)27-38-21(30(31,32)33)14-42(27)17(2)3/h5-9,14-17,19H,1,10-13H2,2-4H3,(H,34,39,40). The van der Waals surface area contributed by atoms with Gasteiger partial charge < -0.3 is 19.2 Å². The summed E-state index contributed by atoms with van der Waals surface area (Å²) in [6.07, 6.45) is 3.55. The molecule has 1 saturated carbocycles. The van der Waals surface area contributed by atoms with E-state index in [4.69, 9.17) is 14.7 Å². The zero-order valence-electron chi connectivity index (χ0n) is 23.9. The first-order valence-corrected chi connectivity index (χ1v) is 13.9. The quantitative estimate of drug-likeness (QED) is 0.186. The molecule has 0 unspecified atom stereocenters. The first-order chi connectivity index (χ1) is 20.7. The van der Waals surface area contributed by atoms with Gasteiger partial charge in [0, 0.05) is 36.8 Å². The molecule has 222 valence electrons. The third kappa shape index (κ3) is 5.54. The maximum Gasteiger partial charge on any atom is 0.434 e. The third-order valence-electron chi connectivity index (χ3n) is 7.26. The number of halogens is 3. The number of ether oxygens (including phenoxy) is 1. The van der Waals surface area contributed by atoms with Gasteiger partial charge in [0.15, 0.2) is 23.0 Å². The SMILES string of the molecule is C=CCn1cnc2c(NCc3ccc(-c4nc(C(F)(F)F)cn4C(C)C)cc3)nc(-c3c(OC)ncnc3C3CC3)nc21. The van der Waals surface area contributed by atoms with Gasteiger partial charge in [-0.15, -0.1) is 6.58 Å². The zero-order valence-corrected chi connectivity index (χ0v) is 23.9. The van der Waals surface area contributed by atoms with Crippen LogP contribution >= 0.6 is 0 Å². The van der Waals surface area contributed by atoms with Gasteiger partial charge in [-0.25, -0.2) is 29.9 Å². The number of nitrogens with zero attached hydrogens (tertiary/aromatic N) is 8. The number of benzene rings is 1. The van der Waals surface area contributed by atoms with Gasteiger partial charge in [0.05, 0.1) is 19.1 Å². The Morgan fingerprint density at radius 2 is 1.86 bits per heavy atom. The van der Waals surface area contributed by atoms with E-state index in [1.165, 1.54) is 10.9 Å². The second-order valence-electron chi connectivity index (χ2n) is 10.7. The van der Waals surface area contributed by atoms with E-state index in [9.17, 15) is 13.2 Å². The fourth-order valence-electron chi connectivity index (χ4n) is 4.96. The molecule has 4 heterocycles. The Balaban J connectivity index is 1.33. The Kier molecular flexibility index (Phi) is 7.32. The predicted molar refractivity (Wildman–Crippen MR) is 155 cm³/mol. The Morgan fingerprint density at radius 1 is 1.09 bits per heavy atom. The van der Waals surface area contributed by atoms with Crippen LogP contribution < -0.4 is 10.1 Å². The summed E-state index contributed by atoms with van der Waals surface area (Å²) in [5.41, 5.74) is 3.29. The molecule has 0 atom stereocenters. The van der Waals surface area contributed by atoms with E-state index in [0.717, 1.165) is 30.3 Å². The fourth-order valence-corrected chi connectivity index (χ4v) is 4.96. The molecular weight excluding hydrogens is 559 g/mol. The molecule has 5 aromatic rings.